The minimum Gasteiger partial charge on any atom is -0.339 e. The van der Waals surface area contributed by atoms with E-state index in [0.717, 1.165) is 12.0 Å². The number of carbonyl (C=O) groups is 1. The molecule has 1 heterocycles. The van der Waals surface area contributed by atoms with Crippen molar-refractivity contribution in [3.8, 4) is 0 Å². The van der Waals surface area contributed by atoms with Crippen LogP contribution in [0, 0.1) is 5.41 Å². The average Bonchev–Trinajstić information content (AvgIpc) is 2.33. The van der Waals surface area contributed by atoms with Crippen LogP contribution in [0.4, 0.5) is 0 Å². The summed E-state index contributed by atoms with van der Waals surface area (Å²) < 4.78 is 24.4. The lowest BCUT2D eigenvalue weighted by Gasteiger charge is -2.39. The Kier molecular flexibility index (Phi) is 3.99. The maximum Gasteiger partial charge on any atom is 0.249 e. The molecule has 5 nitrogen and oxygen atoms in total. The van der Waals surface area contributed by atoms with Crippen molar-refractivity contribution in [1.29, 1.82) is 0 Å². The van der Waals surface area contributed by atoms with Gasteiger partial charge >= 0.3 is 0 Å². The van der Waals surface area contributed by atoms with Crippen molar-refractivity contribution in [2.24, 2.45) is 5.41 Å². The Morgan fingerprint density at radius 2 is 1.85 bits per heavy atom. The molecule has 0 radical (unpaired) electrons. The Labute approximate surface area is 121 Å². The second kappa shape index (κ2) is 5.15. The van der Waals surface area contributed by atoms with Crippen molar-refractivity contribution < 1.29 is 13.2 Å². The minimum atomic E-state index is -3.10. The first-order chi connectivity index (χ1) is 9.10. The molecular formula is C14H24N2O3S. The lowest BCUT2D eigenvalue weighted by atomic mass is 9.74. The van der Waals surface area contributed by atoms with E-state index in [1.807, 2.05) is 13.1 Å². The van der Waals surface area contributed by atoms with Crippen molar-refractivity contribution in [2.75, 3.05) is 26.4 Å². The fourth-order valence-corrected chi connectivity index (χ4v) is 3.90. The number of rotatable bonds is 3. The zero-order valence-electron chi connectivity index (χ0n) is 12.7. The van der Waals surface area contributed by atoms with Gasteiger partial charge in [-0.1, -0.05) is 19.9 Å². The molecule has 1 aliphatic heterocycles. The molecule has 0 aromatic carbocycles. The van der Waals surface area contributed by atoms with E-state index < -0.39 is 10.0 Å². The Morgan fingerprint density at radius 1 is 1.35 bits per heavy atom. The summed E-state index contributed by atoms with van der Waals surface area (Å²) in [4.78, 5) is 14.1. The van der Waals surface area contributed by atoms with Gasteiger partial charge in [0.15, 0.2) is 0 Å². The normalized spacial score (nSPS) is 23.9. The highest BCUT2D eigenvalue weighted by molar-refractivity contribution is 7.88. The highest BCUT2D eigenvalue weighted by atomic mass is 32.2. The summed E-state index contributed by atoms with van der Waals surface area (Å²) in [6.45, 7) is 5.25. The molecule has 0 atom stereocenters. The Hall–Kier alpha value is -0.880. The van der Waals surface area contributed by atoms with Crippen molar-refractivity contribution in [1.82, 2.24) is 9.21 Å². The molecule has 0 N–H and O–H groups in total. The van der Waals surface area contributed by atoms with Gasteiger partial charge in [-0.25, -0.2) is 12.7 Å². The molecule has 2 rings (SSSR count). The quantitative estimate of drug-likeness (QED) is 0.787. The second-order valence-electron chi connectivity index (χ2n) is 6.64. The van der Waals surface area contributed by atoms with Crippen molar-refractivity contribution in [3.63, 3.8) is 0 Å². The summed E-state index contributed by atoms with van der Waals surface area (Å²) in [6.07, 6.45) is 5.54. The van der Waals surface area contributed by atoms with Gasteiger partial charge in [-0.05, 0) is 24.7 Å². The van der Waals surface area contributed by atoms with Crippen molar-refractivity contribution in [3.05, 3.63) is 11.6 Å². The number of piperidine rings is 1. The van der Waals surface area contributed by atoms with E-state index in [-0.39, 0.29) is 17.4 Å². The van der Waals surface area contributed by atoms with Crippen LogP contribution < -0.4 is 0 Å². The van der Waals surface area contributed by atoms with E-state index in [0.29, 0.717) is 25.9 Å². The summed E-state index contributed by atoms with van der Waals surface area (Å²) >= 11 is 0. The van der Waals surface area contributed by atoms with Crippen LogP contribution in [0.15, 0.2) is 11.6 Å². The maximum atomic E-state index is 12.3. The fraction of sp³-hybridized carbons (Fsp3) is 0.786. The van der Waals surface area contributed by atoms with Gasteiger partial charge in [0.2, 0.25) is 15.9 Å². The fourth-order valence-electron chi connectivity index (χ4n) is 3.02. The van der Waals surface area contributed by atoms with Crippen LogP contribution in [0.25, 0.3) is 0 Å². The zero-order chi connectivity index (χ0) is 15.1. The van der Waals surface area contributed by atoms with Crippen molar-refractivity contribution >= 4 is 15.9 Å². The Balaban J connectivity index is 1.93. The molecule has 1 saturated heterocycles. The van der Waals surface area contributed by atoms with Gasteiger partial charge in [0.1, 0.15) is 0 Å². The highest BCUT2D eigenvalue weighted by Crippen LogP contribution is 2.38. The van der Waals surface area contributed by atoms with Crippen LogP contribution in [-0.4, -0.2) is 56.0 Å². The molecule has 2 aliphatic rings. The standard InChI is InChI=1S/C14H24N2O3S/c1-14(2)9-11(10-14)13(17)15(3)12-5-7-16(8-6-12)20(4,18)19/h9,12H,5-8,10H2,1-4H3. The first-order valence-corrected chi connectivity index (χ1v) is 8.89. The molecule has 0 spiro atoms. The van der Waals surface area contributed by atoms with E-state index in [4.69, 9.17) is 0 Å². The molecule has 1 aliphatic carbocycles. The van der Waals surface area contributed by atoms with Gasteiger partial charge in [0.25, 0.3) is 0 Å². The van der Waals surface area contributed by atoms with Crippen molar-refractivity contribution in [2.45, 2.75) is 39.2 Å². The number of likely N-dealkylation sites (N-methyl/N-ethyl adjacent to an activating group) is 1. The number of carbonyl (C=O) groups excluding carboxylic acids is 1. The molecule has 114 valence electrons. The smallest absolute Gasteiger partial charge is 0.249 e. The molecule has 6 heteroatoms. The van der Waals surface area contributed by atoms with Crippen LogP contribution in [0.2, 0.25) is 0 Å². The first-order valence-electron chi connectivity index (χ1n) is 7.04. The van der Waals surface area contributed by atoms with Gasteiger partial charge < -0.3 is 4.90 Å². The van der Waals surface area contributed by atoms with E-state index in [2.05, 4.69) is 13.8 Å². The van der Waals surface area contributed by atoms with Crippen LogP contribution in [0.1, 0.15) is 33.1 Å². The van der Waals surface area contributed by atoms with Gasteiger partial charge in [-0.2, -0.15) is 0 Å². The molecule has 0 aromatic heterocycles. The lowest BCUT2D eigenvalue weighted by Crippen LogP contribution is -2.48. The second-order valence-corrected chi connectivity index (χ2v) is 8.63. The summed E-state index contributed by atoms with van der Waals surface area (Å²) in [7, 11) is -1.27. The summed E-state index contributed by atoms with van der Waals surface area (Å²) in [5.74, 6) is 0.0992. The monoisotopic (exact) mass is 300 g/mol. The number of hydrogen-bond donors (Lipinski definition) is 0. The first kappa shape index (κ1) is 15.5. The van der Waals surface area contributed by atoms with Gasteiger partial charge in [-0.3, -0.25) is 4.79 Å². The molecule has 0 unspecified atom stereocenters. The van der Waals surface area contributed by atoms with Gasteiger partial charge in [0, 0.05) is 31.8 Å². The predicted octanol–water partition coefficient (Wildman–Crippen LogP) is 1.23. The molecule has 20 heavy (non-hydrogen) atoms. The third kappa shape index (κ3) is 3.23. The average molecular weight is 300 g/mol. The van der Waals surface area contributed by atoms with E-state index in [9.17, 15) is 13.2 Å². The number of allylic oxidation sites excluding steroid dienone is 1. The SMILES string of the molecule is CN(C(=O)C1=CC(C)(C)C1)C1CCN(S(C)(=O)=O)CC1. The molecule has 1 amide bonds. The summed E-state index contributed by atoms with van der Waals surface area (Å²) in [5, 5.41) is 0. The number of hydrogen-bond acceptors (Lipinski definition) is 3. The van der Waals surface area contributed by atoms with Gasteiger partial charge in [-0.15, -0.1) is 0 Å². The molecule has 0 saturated carbocycles. The van der Waals surface area contributed by atoms with E-state index in [1.165, 1.54) is 10.6 Å². The summed E-state index contributed by atoms with van der Waals surface area (Å²) in [5.41, 5.74) is 1.04. The zero-order valence-corrected chi connectivity index (χ0v) is 13.5. The van der Waals surface area contributed by atoms with E-state index >= 15 is 0 Å². The number of nitrogens with zero attached hydrogens (tertiary/aromatic N) is 2. The van der Waals surface area contributed by atoms with Crippen LogP contribution >= 0.6 is 0 Å². The molecule has 0 bridgehead atoms. The van der Waals surface area contributed by atoms with E-state index in [1.54, 1.807) is 4.90 Å². The third-order valence-electron chi connectivity index (χ3n) is 4.25. The molecular weight excluding hydrogens is 276 g/mol. The van der Waals surface area contributed by atoms with Crippen LogP contribution in [0.5, 0.6) is 0 Å². The Bertz CT molecular complexity index is 529. The minimum absolute atomic E-state index is 0.0992. The molecule has 1 fully saturated rings. The predicted molar refractivity (Wildman–Crippen MR) is 78.7 cm³/mol. The largest absolute Gasteiger partial charge is 0.339 e. The number of sulfonamides is 1. The molecule has 0 aromatic rings. The summed E-state index contributed by atoms with van der Waals surface area (Å²) in [6, 6.07) is 0.144. The Morgan fingerprint density at radius 3 is 2.25 bits per heavy atom. The lowest BCUT2D eigenvalue weighted by molar-refractivity contribution is -0.129. The van der Waals surface area contributed by atoms with Crippen LogP contribution in [-0.2, 0) is 14.8 Å². The highest BCUT2D eigenvalue weighted by Gasteiger charge is 2.35. The third-order valence-corrected chi connectivity index (χ3v) is 5.55. The number of amides is 1. The maximum absolute atomic E-state index is 12.3. The topological polar surface area (TPSA) is 57.7 Å². The van der Waals surface area contributed by atoms with Gasteiger partial charge in [0.05, 0.1) is 6.26 Å². The van der Waals surface area contributed by atoms with Crippen LogP contribution in [0.3, 0.4) is 0 Å².